The highest BCUT2D eigenvalue weighted by Gasteiger charge is 2.45. The minimum Gasteiger partial charge on any atom is -0.394 e. The molecule has 2 aliphatic rings. The summed E-state index contributed by atoms with van der Waals surface area (Å²) in [5.74, 6) is 0. The van der Waals surface area contributed by atoms with Crippen molar-refractivity contribution in [3.8, 4) is 0 Å². The van der Waals surface area contributed by atoms with E-state index in [0.29, 0.717) is 6.61 Å². The summed E-state index contributed by atoms with van der Waals surface area (Å²) in [5, 5.41) is 9.75. The lowest BCUT2D eigenvalue weighted by Gasteiger charge is -2.45. The Morgan fingerprint density at radius 1 is 0.792 bits per heavy atom. The predicted molar refractivity (Wildman–Crippen MR) is 86.0 cm³/mol. The van der Waals surface area contributed by atoms with Crippen LogP contribution < -0.4 is 0 Å². The molecule has 24 heavy (non-hydrogen) atoms. The fourth-order valence-corrected chi connectivity index (χ4v) is 3.12. The number of fused-ring (bicyclic) bond motifs is 1. The van der Waals surface area contributed by atoms with Crippen molar-refractivity contribution in [1.29, 1.82) is 0 Å². The molecule has 0 amide bonds. The van der Waals surface area contributed by atoms with Crippen LogP contribution in [0.2, 0.25) is 0 Å². The van der Waals surface area contributed by atoms with E-state index in [1.165, 1.54) is 0 Å². The van der Waals surface area contributed by atoms with E-state index >= 15 is 0 Å². The van der Waals surface area contributed by atoms with E-state index in [9.17, 15) is 5.11 Å². The van der Waals surface area contributed by atoms with E-state index in [2.05, 4.69) is 0 Å². The summed E-state index contributed by atoms with van der Waals surface area (Å²) in [5.41, 5.74) is 1.86. The molecular weight excluding hydrogens is 308 g/mol. The molecule has 2 heterocycles. The van der Waals surface area contributed by atoms with E-state index in [1.807, 2.05) is 60.7 Å². The van der Waals surface area contributed by atoms with Crippen molar-refractivity contribution in [2.24, 2.45) is 0 Å². The average Bonchev–Trinajstić information content (AvgIpc) is 2.68. The van der Waals surface area contributed by atoms with Crippen molar-refractivity contribution >= 4 is 0 Å². The van der Waals surface area contributed by atoms with Crippen LogP contribution in [0.15, 0.2) is 60.7 Å². The largest absolute Gasteiger partial charge is 0.394 e. The molecule has 0 aromatic heterocycles. The standard InChI is InChI=1S/C19H20O5/c20-11-15-17-16(23-19(22-15)14-9-5-2-6-10-14)12-21-18(24-17)13-7-3-1-4-8-13/h1-10,15-20H,11-12H2/t15-,16+,17+,18?,19?/m1/s1. The Kier molecular flexibility index (Phi) is 4.60. The number of benzene rings is 2. The van der Waals surface area contributed by atoms with Gasteiger partial charge in [-0.3, -0.25) is 0 Å². The van der Waals surface area contributed by atoms with Crippen molar-refractivity contribution in [2.45, 2.75) is 30.9 Å². The smallest absolute Gasteiger partial charge is 0.184 e. The van der Waals surface area contributed by atoms with E-state index in [-0.39, 0.29) is 18.8 Å². The molecule has 2 saturated heterocycles. The van der Waals surface area contributed by atoms with Gasteiger partial charge in [0.1, 0.15) is 18.3 Å². The Balaban J connectivity index is 1.51. The van der Waals surface area contributed by atoms with Gasteiger partial charge in [0.05, 0.1) is 13.2 Å². The Hall–Kier alpha value is -1.76. The van der Waals surface area contributed by atoms with Gasteiger partial charge >= 0.3 is 0 Å². The molecule has 5 heteroatoms. The minimum absolute atomic E-state index is 0.130. The maximum Gasteiger partial charge on any atom is 0.184 e. The third kappa shape index (κ3) is 3.09. The highest BCUT2D eigenvalue weighted by atomic mass is 16.8. The molecule has 0 radical (unpaired) electrons. The lowest BCUT2D eigenvalue weighted by molar-refractivity contribution is -0.366. The van der Waals surface area contributed by atoms with Crippen LogP contribution >= 0.6 is 0 Å². The lowest BCUT2D eigenvalue weighted by atomic mass is 10.0. The van der Waals surface area contributed by atoms with Gasteiger partial charge in [0, 0.05) is 11.1 Å². The van der Waals surface area contributed by atoms with E-state index in [4.69, 9.17) is 18.9 Å². The molecule has 2 unspecified atom stereocenters. The summed E-state index contributed by atoms with van der Waals surface area (Å²) in [6.07, 6.45) is -2.09. The van der Waals surface area contributed by atoms with Gasteiger partial charge in [0.15, 0.2) is 12.6 Å². The van der Waals surface area contributed by atoms with Crippen LogP contribution in [0.1, 0.15) is 23.7 Å². The number of rotatable bonds is 3. The molecular formula is C19H20O5. The fraction of sp³-hybridized carbons (Fsp3) is 0.368. The molecule has 5 atom stereocenters. The first-order chi connectivity index (χ1) is 11.8. The van der Waals surface area contributed by atoms with Gasteiger partial charge in [-0.2, -0.15) is 0 Å². The van der Waals surface area contributed by atoms with Crippen LogP contribution in [-0.4, -0.2) is 36.6 Å². The van der Waals surface area contributed by atoms with E-state index in [1.54, 1.807) is 0 Å². The Morgan fingerprint density at radius 3 is 2.04 bits per heavy atom. The molecule has 5 nitrogen and oxygen atoms in total. The topological polar surface area (TPSA) is 57.2 Å². The van der Waals surface area contributed by atoms with Crippen molar-refractivity contribution < 1.29 is 24.1 Å². The highest BCUT2D eigenvalue weighted by Crippen LogP contribution is 2.37. The maximum absolute atomic E-state index is 9.75. The molecule has 2 fully saturated rings. The Bertz CT molecular complexity index is 639. The van der Waals surface area contributed by atoms with Crippen molar-refractivity contribution in [3.63, 3.8) is 0 Å². The zero-order valence-corrected chi connectivity index (χ0v) is 13.2. The third-order valence-electron chi connectivity index (χ3n) is 4.35. The van der Waals surface area contributed by atoms with E-state index < -0.39 is 18.7 Å². The second-order valence-corrected chi connectivity index (χ2v) is 5.95. The third-order valence-corrected chi connectivity index (χ3v) is 4.35. The van der Waals surface area contributed by atoms with Crippen LogP contribution in [-0.2, 0) is 18.9 Å². The molecule has 0 spiro atoms. The summed E-state index contributed by atoms with van der Waals surface area (Å²) >= 11 is 0. The number of aliphatic hydroxyl groups is 1. The zero-order chi connectivity index (χ0) is 16.4. The first kappa shape index (κ1) is 15.7. The molecule has 2 aromatic rings. The number of hydrogen-bond acceptors (Lipinski definition) is 5. The second kappa shape index (κ2) is 7.01. The molecule has 0 aliphatic carbocycles. The van der Waals surface area contributed by atoms with Gasteiger partial charge in [-0.15, -0.1) is 0 Å². The molecule has 0 saturated carbocycles. The molecule has 2 aromatic carbocycles. The normalized spacial score (nSPS) is 33.0. The molecule has 1 N–H and O–H groups in total. The summed E-state index contributed by atoms with van der Waals surface area (Å²) in [6, 6.07) is 19.4. The summed E-state index contributed by atoms with van der Waals surface area (Å²) in [7, 11) is 0. The zero-order valence-electron chi connectivity index (χ0n) is 13.2. The minimum atomic E-state index is -0.523. The monoisotopic (exact) mass is 328 g/mol. The average molecular weight is 328 g/mol. The van der Waals surface area contributed by atoms with Crippen LogP contribution in [0, 0.1) is 0 Å². The maximum atomic E-state index is 9.75. The highest BCUT2D eigenvalue weighted by molar-refractivity contribution is 5.18. The number of aliphatic hydroxyl groups excluding tert-OH is 1. The van der Waals surface area contributed by atoms with Gasteiger partial charge < -0.3 is 24.1 Å². The molecule has 0 bridgehead atoms. The predicted octanol–water partition coefficient (Wildman–Crippen LogP) is 2.58. The van der Waals surface area contributed by atoms with E-state index in [0.717, 1.165) is 11.1 Å². The molecule has 2 aliphatic heterocycles. The van der Waals surface area contributed by atoms with Crippen molar-refractivity contribution in [2.75, 3.05) is 13.2 Å². The Morgan fingerprint density at radius 2 is 1.42 bits per heavy atom. The lowest BCUT2D eigenvalue weighted by Crippen LogP contribution is -2.55. The Labute approximate surface area is 140 Å². The summed E-state index contributed by atoms with van der Waals surface area (Å²) < 4.78 is 23.8. The second-order valence-electron chi connectivity index (χ2n) is 5.95. The first-order valence-corrected chi connectivity index (χ1v) is 8.14. The summed E-state index contributed by atoms with van der Waals surface area (Å²) in [4.78, 5) is 0. The molecule has 126 valence electrons. The van der Waals surface area contributed by atoms with Crippen LogP contribution in [0.4, 0.5) is 0 Å². The van der Waals surface area contributed by atoms with Crippen molar-refractivity contribution in [1.82, 2.24) is 0 Å². The summed E-state index contributed by atoms with van der Waals surface area (Å²) in [6.45, 7) is 0.267. The number of ether oxygens (including phenoxy) is 4. The van der Waals surface area contributed by atoms with Gasteiger partial charge in [-0.05, 0) is 0 Å². The first-order valence-electron chi connectivity index (χ1n) is 8.14. The van der Waals surface area contributed by atoms with Gasteiger partial charge in [-0.25, -0.2) is 0 Å². The van der Waals surface area contributed by atoms with Gasteiger partial charge in [0.2, 0.25) is 0 Å². The number of hydrogen-bond donors (Lipinski definition) is 1. The SMILES string of the molecule is OC[C@H]1OC(c2ccccc2)O[C@H]2COC(c3ccccc3)O[C@H]21. The van der Waals surface area contributed by atoms with Crippen LogP contribution in [0.5, 0.6) is 0 Å². The quantitative estimate of drug-likeness (QED) is 0.938. The van der Waals surface area contributed by atoms with Gasteiger partial charge in [0.25, 0.3) is 0 Å². The van der Waals surface area contributed by atoms with Crippen molar-refractivity contribution in [3.05, 3.63) is 71.8 Å². The van der Waals surface area contributed by atoms with Crippen LogP contribution in [0.25, 0.3) is 0 Å². The van der Waals surface area contributed by atoms with Crippen LogP contribution in [0.3, 0.4) is 0 Å². The molecule has 4 rings (SSSR count). The fourth-order valence-electron chi connectivity index (χ4n) is 3.12. The van der Waals surface area contributed by atoms with Gasteiger partial charge in [-0.1, -0.05) is 60.7 Å².